The average molecular weight is 532 g/mol. The fraction of sp³-hybridized carbons (Fsp3) is 0.200. The molecule has 0 aromatic heterocycles. The van der Waals surface area contributed by atoms with E-state index in [0.717, 1.165) is 11.8 Å². The fourth-order valence-corrected chi connectivity index (χ4v) is 4.23. The second-order valence-electron chi connectivity index (χ2n) is 7.76. The largest absolute Gasteiger partial charge is 0.493 e. The molecule has 0 aliphatic rings. The summed E-state index contributed by atoms with van der Waals surface area (Å²) >= 11 is 6.20. The molecule has 9 nitrogen and oxygen atoms in total. The third-order valence-electron chi connectivity index (χ3n) is 5.08. The molecular formula is C25H26ClN3O6S. The molecule has 0 saturated carbocycles. The second-order valence-corrected chi connectivity index (χ2v) is 9.92. The van der Waals surface area contributed by atoms with Crippen LogP contribution in [-0.4, -0.2) is 47.3 Å². The Balaban J connectivity index is 1.67. The van der Waals surface area contributed by atoms with Gasteiger partial charge in [0.15, 0.2) is 11.5 Å². The standard InChI is InChI=1S/C25H26ClN3O6S/c1-34-22-11-8-16(14-23(22)35-2)12-13-27-24(30)19-6-4-5-7-21(19)28-25(31)18-10-9-17(15-20(18)26)29-36(3,32)33/h4-11,14-15,29H,12-13H2,1-3H3,(H,27,30)(H,28,31). The van der Waals surface area contributed by atoms with Crippen LogP contribution in [0.2, 0.25) is 5.02 Å². The van der Waals surface area contributed by atoms with Gasteiger partial charge in [-0.3, -0.25) is 14.3 Å². The molecule has 0 radical (unpaired) electrons. The maximum absolute atomic E-state index is 12.8. The zero-order chi connectivity index (χ0) is 26.3. The molecule has 0 heterocycles. The first-order valence-corrected chi connectivity index (χ1v) is 13.0. The molecule has 36 heavy (non-hydrogen) atoms. The third kappa shape index (κ3) is 7.12. The van der Waals surface area contributed by atoms with Crippen molar-refractivity contribution in [2.24, 2.45) is 0 Å². The van der Waals surface area contributed by atoms with Crippen LogP contribution in [0.1, 0.15) is 26.3 Å². The molecule has 0 unspecified atom stereocenters. The molecule has 0 fully saturated rings. The highest BCUT2D eigenvalue weighted by atomic mass is 35.5. The maximum Gasteiger partial charge on any atom is 0.257 e. The average Bonchev–Trinajstić information content (AvgIpc) is 2.83. The van der Waals surface area contributed by atoms with Crippen molar-refractivity contribution in [1.29, 1.82) is 0 Å². The van der Waals surface area contributed by atoms with E-state index in [1.807, 2.05) is 12.1 Å². The highest BCUT2D eigenvalue weighted by Gasteiger charge is 2.17. The summed E-state index contributed by atoms with van der Waals surface area (Å²) in [6.07, 6.45) is 1.57. The Morgan fingerprint density at radius 2 is 1.61 bits per heavy atom. The molecule has 0 aliphatic heterocycles. The quantitative estimate of drug-likeness (QED) is 0.364. The number of hydrogen-bond acceptors (Lipinski definition) is 6. The summed E-state index contributed by atoms with van der Waals surface area (Å²) in [6, 6.07) is 16.3. The fourth-order valence-electron chi connectivity index (χ4n) is 3.41. The topological polar surface area (TPSA) is 123 Å². The molecule has 0 aliphatic carbocycles. The summed E-state index contributed by atoms with van der Waals surface area (Å²) < 4.78 is 35.6. The number of carbonyl (C=O) groups is 2. The summed E-state index contributed by atoms with van der Waals surface area (Å²) in [4.78, 5) is 25.7. The Kier molecular flexibility index (Phi) is 8.78. The van der Waals surface area contributed by atoms with E-state index in [1.165, 1.54) is 18.2 Å². The number of hydrogen-bond donors (Lipinski definition) is 3. The molecule has 3 N–H and O–H groups in total. The Morgan fingerprint density at radius 3 is 2.28 bits per heavy atom. The van der Waals surface area contributed by atoms with Gasteiger partial charge >= 0.3 is 0 Å². The normalized spacial score (nSPS) is 10.9. The minimum Gasteiger partial charge on any atom is -0.493 e. The van der Waals surface area contributed by atoms with Crippen LogP contribution in [0.15, 0.2) is 60.7 Å². The zero-order valence-electron chi connectivity index (χ0n) is 19.9. The number of amides is 2. The van der Waals surface area contributed by atoms with Crippen LogP contribution in [0, 0.1) is 0 Å². The Hall–Kier alpha value is -3.76. The number of para-hydroxylation sites is 1. The van der Waals surface area contributed by atoms with Crippen LogP contribution in [0.5, 0.6) is 11.5 Å². The molecular weight excluding hydrogens is 506 g/mol. The van der Waals surface area contributed by atoms with Crippen LogP contribution >= 0.6 is 11.6 Å². The van der Waals surface area contributed by atoms with Crippen molar-refractivity contribution in [1.82, 2.24) is 5.32 Å². The SMILES string of the molecule is COc1ccc(CCNC(=O)c2ccccc2NC(=O)c2ccc(NS(C)(=O)=O)cc2Cl)cc1OC. The van der Waals surface area contributed by atoms with Gasteiger partial charge in [0.2, 0.25) is 10.0 Å². The first kappa shape index (κ1) is 26.8. The lowest BCUT2D eigenvalue weighted by Crippen LogP contribution is -2.27. The van der Waals surface area contributed by atoms with Crippen LogP contribution in [0.3, 0.4) is 0 Å². The van der Waals surface area contributed by atoms with E-state index >= 15 is 0 Å². The van der Waals surface area contributed by atoms with Crippen molar-refractivity contribution in [3.63, 3.8) is 0 Å². The molecule has 2 amide bonds. The summed E-state index contributed by atoms with van der Waals surface area (Å²) in [5.41, 5.74) is 1.90. The summed E-state index contributed by atoms with van der Waals surface area (Å²) in [5, 5.41) is 5.61. The van der Waals surface area contributed by atoms with Gasteiger partial charge in [0.1, 0.15) is 0 Å². The molecule has 0 spiro atoms. The Labute approximate surface area is 214 Å². The number of ether oxygens (including phenoxy) is 2. The van der Waals surface area contributed by atoms with E-state index < -0.39 is 15.9 Å². The predicted octanol–water partition coefficient (Wildman–Crippen LogP) is 3.95. The van der Waals surface area contributed by atoms with Crippen molar-refractivity contribution in [2.45, 2.75) is 6.42 Å². The number of anilines is 2. The number of sulfonamides is 1. The minimum atomic E-state index is -3.49. The summed E-state index contributed by atoms with van der Waals surface area (Å²) in [6.45, 7) is 0.358. The van der Waals surface area contributed by atoms with E-state index in [2.05, 4.69) is 15.4 Å². The van der Waals surface area contributed by atoms with Crippen LogP contribution in [0.25, 0.3) is 0 Å². The first-order chi connectivity index (χ1) is 17.1. The Morgan fingerprint density at radius 1 is 0.889 bits per heavy atom. The van der Waals surface area contributed by atoms with Gasteiger partial charge in [0, 0.05) is 12.2 Å². The van der Waals surface area contributed by atoms with Gasteiger partial charge in [-0.15, -0.1) is 0 Å². The van der Waals surface area contributed by atoms with Gasteiger partial charge in [0.25, 0.3) is 11.8 Å². The first-order valence-electron chi connectivity index (χ1n) is 10.8. The Bertz CT molecular complexity index is 1380. The minimum absolute atomic E-state index is 0.0537. The lowest BCUT2D eigenvalue weighted by Gasteiger charge is -2.13. The monoisotopic (exact) mass is 531 g/mol. The van der Waals surface area contributed by atoms with Crippen LogP contribution in [-0.2, 0) is 16.4 Å². The molecule has 3 aromatic carbocycles. The van der Waals surface area contributed by atoms with Crippen LogP contribution < -0.4 is 24.8 Å². The van der Waals surface area contributed by atoms with Crippen molar-refractivity contribution in [3.8, 4) is 11.5 Å². The van der Waals surface area contributed by atoms with Crippen LogP contribution in [0.4, 0.5) is 11.4 Å². The molecule has 3 aromatic rings. The lowest BCUT2D eigenvalue weighted by molar-refractivity contribution is 0.0955. The predicted molar refractivity (Wildman–Crippen MR) is 140 cm³/mol. The van der Waals surface area contributed by atoms with Crippen molar-refractivity contribution in [2.75, 3.05) is 37.1 Å². The van der Waals surface area contributed by atoms with E-state index in [-0.39, 0.29) is 27.7 Å². The highest BCUT2D eigenvalue weighted by Crippen LogP contribution is 2.28. The molecule has 11 heteroatoms. The van der Waals surface area contributed by atoms with Gasteiger partial charge in [-0.2, -0.15) is 0 Å². The van der Waals surface area contributed by atoms with Gasteiger partial charge in [0.05, 0.1) is 42.3 Å². The summed E-state index contributed by atoms with van der Waals surface area (Å²) in [7, 11) is -0.368. The van der Waals surface area contributed by atoms with Gasteiger partial charge in [-0.1, -0.05) is 29.8 Å². The van der Waals surface area contributed by atoms with E-state index in [1.54, 1.807) is 44.6 Å². The van der Waals surface area contributed by atoms with Crippen molar-refractivity contribution < 1.29 is 27.5 Å². The number of nitrogens with one attached hydrogen (secondary N) is 3. The highest BCUT2D eigenvalue weighted by molar-refractivity contribution is 7.92. The maximum atomic E-state index is 12.8. The van der Waals surface area contributed by atoms with Gasteiger partial charge in [-0.05, 0) is 54.4 Å². The number of methoxy groups -OCH3 is 2. The van der Waals surface area contributed by atoms with E-state index in [4.69, 9.17) is 21.1 Å². The zero-order valence-corrected chi connectivity index (χ0v) is 21.5. The molecule has 0 saturated heterocycles. The molecule has 0 atom stereocenters. The number of carbonyl (C=O) groups excluding carboxylic acids is 2. The van der Waals surface area contributed by atoms with Crippen molar-refractivity contribution in [3.05, 3.63) is 82.4 Å². The summed E-state index contributed by atoms with van der Waals surface area (Å²) in [5.74, 6) is 0.325. The smallest absolute Gasteiger partial charge is 0.257 e. The van der Waals surface area contributed by atoms with E-state index in [0.29, 0.717) is 30.2 Å². The second kappa shape index (κ2) is 11.8. The number of rotatable bonds is 10. The van der Waals surface area contributed by atoms with Gasteiger partial charge < -0.3 is 20.1 Å². The van der Waals surface area contributed by atoms with Crippen molar-refractivity contribution >= 4 is 44.8 Å². The molecule has 0 bridgehead atoms. The third-order valence-corrected chi connectivity index (χ3v) is 6.00. The molecule has 3 rings (SSSR count). The van der Waals surface area contributed by atoms with Gasteiger partial charge in [-0.25, -0.2) is 8.42 Å². The molecule has 190 valence electrons. The number of halogens is 1. The lowest BCUT2D eigenvalue weighted by atomic mass is 10.1. The number of benzene rings is 3. The van der Waals surface area contributed by atoms with E-state index in [9.17, 15) is 18.0 Å².